The minimum atomic E-state index is -0.0951. The number of pyridine rings is 1. The van der Waals surface area contributed by atoms with Gasteiger partial charge >= 0.3 is 0 Å². The maximum Gasteiger partial charge on any atom is 0.128 e. The number of ether oxygens (including phenoxy) is 1. The highest BCUT2D eigenvalue weighted by atomic mass is 16.5. The molecule has 0 saturated carbocycles. The van der Waals surface area contributed by atoms with E-state index in [1.54, 1.807) is 0 Å². The van der Waals surface area contributed by atoms with Gasteiger partial charge in [0.25, 0.3) is 0 Å². The van der Waals surface area contributed by atoms with E-state index < -0.39 is 0 Å². The summed E-state index contributed by atoms with van der Waals surface area (Å²) in [6, 6.07) is 11.7. The fraction of sp³-hybridized carbons (Fsp3) is 0.333. The molecule has 19 heavy (non-hydrogen) atoms. The molecule has 3 rings (SSSR count). The van der Waals surface area contributed by atoms with Crippen molar-refractivity contribution in [3.8, 4) is 6.07 Å². The molecular formula is C15H15N3O. The zero-order chi connectivity index (χ0) is 13.3. The van der Waals surface area contributed by atoms with Crippen molar-refractivity contribution >= 4 is 16.7 Å². The molecule has 1 aliphatic rings. The van der Waals surface area contributed by atoms with Gasteiger partial charge in [-0.1, -0.05) is 18.2 Å². The lowest BCUT2D eigenvalue weighted by Gasteiger charge is -2.24. The van der Waals surface area contributed by atoms with Gasteiger partial charge in [0.15, 0.2) is 0 Å². The Morgan fingerprint density at radius 1 is 1.42 bits per heavy atom. The van der Waals surface area contributed by atoms with Gasteiger partial charge in [0.2, 0.25) is 0 Å². The van der Waals surface area contributed by atoms with Crippen LogP contribution in [0.25, 0.3) is 10.9 Å². The molecule has 0 amide bonds. The standard InChI is InChI=1S/C15H15N3O/c1-15(6-7-19-10-15)18-14-8-11(9-16)12-4-2-3-5-13(12)17-14/h2-5,8H,6-7,10H2,1H3,(H,17,18). The van der Waals surface area contributed by atoms with Gasteiger partial charge in [-0.25, -0.2) is 4.98 Å². The molecule has 4 nitrogen and oxygen atoms in total. The van der Waals surface area contributed by atoms with Gasteiger partial charge < -0.3 is 10.1 Å². The number of nitriles is 1. The zero-order valence-corrected chi connectivity index (χ0v) is 10.8. The molecule has 1 aromatic carbocycles. The van der Waals surface area contributed by atoms with Crippen LogP contribution in [0.15, 0.2) is 30.3 Å². The van der Waals surface area contributed by atoms with Gasteiger partial charge in [0, 0.05) is 12.0 Å². The average Bonchev–Trinajstić information content (AvgIpc) is 2.84. The highest BCUT2D eigenvalue weighted by molar-refractivity contribution is 5.86. The van der Waals surface area contributed by atoms with Crippen molar-refractivity contribution in [2.45, 2.75) is 18.9 Å². The van der Waals surface area contributed by atoms with E-state index in [4.69, 9.17) is 4.74 Å². The lowest BCUT2D eigenvalue weighted by atomic mass is 10.0. The van der Waals surface area contributed by atoms with Crippen LogP contribution in [-0.2, 0) is 4.74 Å². The summed E-state index contributed by atoms with van der Waals surface area (Å²) in [5.41, 5.74) is 1.39. The van der Waals surface area contributed by atoms with Crippen LogP contribution in [0.4, 0.5) is 5.82 Å². The first-order valence-electron chi connectivity index (χ1n) is 6.36. The van der Waals surface area contributed by atoms with Crippen molar-refractivity contribution in [1.82, 2.24) is 4.98 Å². The Morgan fingerprint density at radius 2 is 2.26 bits per heavy atom. The van der Waals surface area contributed by atoms with Crippen LogP contribution in [0.5, 0.6) is 0 Å². The van der Waals surface area contributed by atoms with E-state index in [0.717, 1.165) is 29.7 Å². The van der Waals surface area contributed by atoms with E-state index in [1.807, 2.05) is 30.3 Å². The third kappa shape index (κ3) is 2.25. The van der Waals surface area contributed by atoms with Gasteiger partial charge in [0.05, 0.1) is 29.3 Å². The SMILES string of the molecule is CC1(Nc2cc(C#N)c3ccccc3n2)CCOC1. The summed E-state index contributed by atoms with van der Waals surface area (Å²) in [5, 5.41) is 13.5. The van der Waals surface area contributed by atoms with Crippen molar-refractivity contribution in [1.29, 1.82) is 5.26 Å². The number of hydrogen-bond donors (Lipinski definition) is 1. The van der Waals surface area contributed by atoms with E-state index in [0.29, 0.717) is 12.2 Å². The predicted octanol–water partition coefficient (Wildman–Crippen LogP) is 2.70. The highest BCUT2D eigenvalue weighted by Crippen LogP contribution is 2.26. The van der Waals surface area contributed by atoms with Crippen LogP contribution in [0.3, 0.4) is 0 Å². The first kappa shape index (κ1) is 11.9. The number of benzene rings is 1. The molecule has 4 heteroatoms. The van der Waals surface area contributed by atoms with Gasteiger partial charge in [0.1, 0.15) is 5.82 Å². The Hall–Kier alpha value is -2.12. The number of nitrogens with zero attached hydrogens (tertiary/aromatic N) is 2. The number of hydrogen-bond acceptors (Lipinski definition) is 4. The van der Waals surface area contributed by atoms with Crippen molar-refractivity contribution in [3.63, 3.8) is 0 Å². The minimum Gasteiger partial charge on any atom is -0.379 e. The topological polar surface area (TPSA) is 57.9 Å². The summed E-state index contributed by atoms with van der Waals surface area (Å²) in [7, 11) is 0. The van der Waals surface area contributed by atoms with Gasteiger partial charge in [-0.05, 0) is 25.5 Å². The monoisotopic (exact) mass is 253 g/mol. The Balaban J connectivity index is 2.03. The van der Waals surface area contributed by atoms with Crippen LogP contribution in [0, 0.1) is 11.3 Å². The lowest BCUT2D eigenvalue weighted by molar-refractivity contribution is 0.185. The molecule has 1 unspecified atom stereocenters. The normalized spacial score (nSPS) is 22.3. The van der Waals surface area contributed by atoms with Crippen molar-refractivity contribution in [3.05, 3.63) is 35.9 Å². The fourth-order valence-corrected chi connectivity index (χ4v) is 2.41. The Morgan fingerprint density at radius 3 is 3.00 bits per heavy atom. The lowest BCUT2D eigenvalue weighted by Crippen LogP contribution is -2.35. The number of rotatable bonds is 2. The van der Waals surface area contributed by atoms with E-state index in [1.165, 1.54) is 0 Å². The largest absolute Gasteiger partial charge is 0.379 e. The maximum atomic E-state index is 9.25. The molecule has 2 heterocycles. The van der Waals surface area contributed by atoms with Crippen molar-refractivity contribution in [2.75, 3.05) is 18.5 Å². The fourth-order valence-electron chi connectivity index (χ4n) is 2.41. The second-order valence-corrected chi connectivity index (χ2v) is 5.17. The van der Waals surface area contributed by atoms with E-state index in [9.17, 15) is 5.26 Å². The summed E-state index contributed by atoms with van der Waals surface area (Å²) in [4.78, 5) is 4.57. The molecule has 1 atom stereocenters. The first-order valence-corrected chi connectivity index (χ1v) is 6.36. The van der Waals surface area contributed by atoms with Gasteiger partial charge in [-0.3, -0.25) is 0 Å². The molecular weight excluding hydrogens is 238 g/mol. The summed E-state index contributed by atoms with van der Waals surface area (Å²) in [6.07, 6.45) is 0.948. The summed E-state index contributed by atoms with van der Waals surface area (Å²) in [6.45, 7) is 3.55. The number of aromatic nitrogens is 1. The van der Waals surface area contributed by atoms with Gasteiger partial charge in [-0.2, -0.15) is 5.26 Å². The van der Waals surface area contributed by atoms with E-state index >= 15 is 0 Å². The van der Waals surface area contributed by atoms with Crippen LogP contribution in [0.2, 0.25) is 0 Å². The summed E-state index contributed by atoms with van der Waals surface area (Å²) < 4.78 is 5.42. The van der Waals surface area contributed by atoms with Crippen LogP contribution in [-0.4, -0.2) is 23.7 Å². The molecule has 1 fully saturated rings. The molecule has 1 N–H and O–H groups in total. The molecule has 1 aromatic heterocycles. The predicted molar refractivity (Wildman–Crippen MR) is 73.9 cm³/mol. The van der Waals surface area contributed by atoms with Crippen molar-refractivity contribution < 1.29 is 4.74 Å². The molecule has 0 aliphatic carbocycles. The van der Waals surface area contributed by atoms with Crippen molar-refractivity contribution in [2.24, 2.45) is 0 Å². The maximum absolute atomic E-state index is 9.25. The Bertz CT molecular complexity index is 654. The second-order valence-electron chi connectivity index (χ2n) is 5.17. The quantitative estimate of drug-likeness (QED) is 0.894. The number of nitrogens with one attached hydrogen (secondary N) is 1. The molecule has 2 aromatic rings. The average molecular weight is 253 g/mol. The molecule has 0 radical (unpaired) electrons. The highest BCUT2D eigenvalue weighted by Gasteiger charge is 2.29. The Labute approximate surface area is 112 Å². The van der Waals surface area contributed by atoms with Crippen LogP contribution in [0.1, 0.15) is 18.9 Å². The molecule has 1 saturated heterocycles. The number of para-hydroxylation sites is 1. The molecule has 1 aliphatic heterocycles. The van der Waals surface area contributed by atoms with E-state index in [-0.39, 0.29) is 5.54 Å². The van der Waals surface area contributed by atoms with Crippen LogP contribution < -0.4 is 5.32 Å². The molecule has 0 bridgehead atoms. The zero-order valence-electron chi connectivity index (χ0n) is 10.8. The number of fused-ring (bicyclic) bond motifs is 1. The molecule has 96 valence electrons. The van der Waals surface area contributed by atoms with Gasteiger partial charge in [-0.15, -0.1) is 0 Å². The smallest absolute Gasteiger partial charge is 0.128 e. The third-order valence-electron chi connectivity index (χ3n) is 3.49. The third-order valence-corrected chi connectivity index (χ3v) is 3.49. The van der Waals surface area contributed by atoms with Crippen LogP contribution >= 0.6 is 0 Å². The first-order chi connectivity index (χ1) is 9.20. The molecule has 0 spiro atoms. The second kappa shape index (κ2) is 4.52. The van der Waals surface area contributed by atoms with E-state index in [2.05, 4.69) is 23.3 Å². The summed E-state index contributed by atoms with van der Waals surface area (Å²) in [5.74, 6) is 0.739. The number of anilines is 1. The summed E-state index contributed by atoms with van der Waals surface area (Å²) >= 11 is 0. The minimum absolute atomic E-state index is 0.0951. The Kier molecular flexibility index (Phi) is 2.84.